The van der Waals surface area contributed by atoms with E-state index in [1.54, 1.807) is 21.3 Å². The first kappa shape index (κ1) is 18.7. The van der Waals surface area contributed by atoms with Crippen molar-refractivity contribution in [3.63, 3.8) is 0 Å². The van der Waals surface area contributed by atoms with Gasteiger partial charge in [-0.05, 0) is 0 Å². The molecule has 4 N–H and O–H groups in total. The van der Waals surface area contributed by atoms with Crippen LogP contribution in [-0.2, 0) is 13.3 Å². The minimum absolute atomic E-state index is 0. The molecule has 0 aromatic rings. The van der Waals surface area contributed by atoms with Crippen LogP contribution >= 0.6 is 0 Å². The van der Waals surface area contributed by atoms with Crippen molar-refractivity contribution < 1.29 is 18.4 Å². The molecule has 0 spiro atoms. The van der Waals surface area contributed by atoms with Crippen LogP contribution in [0.4, 0.5) is 0 Å². The number of rotatable bonds is 5. The third-order valence-electron chi connectivity index (χ3n) is 1.49. The molecule has 0 unspecified atom stereocenters. The molecular weight excluding hydrogens is 190 g/mol. The van der Waals surface area contributed by atoms with Crippen LogP contribution < -0.4 is 6.15 Å². The van der Waals surface area contributed by atoms with E-state index in [1.807, 2.05) is 0 Å². The Hall–Kier alpha value is 0.0169. The molecule has 6 heteroatoms. The number of aliphatic hydroxyl groups excluding tert-OH is 1. The lowest BCUT2D eigenvalue weighted by Gasteiger charge is -2.23. The van der Waals surface area contributed by atoms with Gasteiger partial charge in [0.25, 0.3) is 0 Å². The maximum atomic E-state index is 7.00. The van der Waals surface area contributed by atoms with Gasteiger partial charge < -0.3 is 24.5 Å². The van der Waals surface area contributed by atoms with E-state index in [4.69, 9.17) is 18.4 Å². The summed E-state index contributed by atoms with van der Waals surface area (Å²) in [5.74, 6) is 0. The number of hydrogen-bond donors (Lipinski definition) is 2. The summed E-state index contributed by atoms with van der Waals surface area (Å²) in [6, 6.07) is 0.885. The standard InChI is InChI=1S/C6H16O3Si.CH4O.H3N/c1-5-6-10(7-2,8-3)9-4;1-2;/h5-6H2,1-4H3;2H,1H3;1H3. The van der Waals surface area contributed by atoms with E-state index in [9.17, 15) is 0 Å². The van der Waals surface area contributed by atoms with Gasteiger partial charge in [-0.3, -0.25) is 0 Å². The van der Waals surface area contributed by atoms with Crippen molar-refractivity contribution in [1.82, 2.24) is 6.15 Å². The van der Waals surface area contributed by atoms with Crippen LogP contribution in [-0.4, -0.2) is 42.4 Å². The molecule has 0 atom stereocenters. The van der Waals surface area contributed by atoms with Crippen molar-refractivity contribution in [3.05, 3.63) is 0 Å². The van der Waals surface area contributed by atoms with E-state index in [0.29, 0.717) is 0 Å². The monoisotopic (exact) mass is 213 g/mol. The third-order valence-corrected chi connectivity index (χ3v) is 4.47. The largest absolute Gasteiger partial charge is 0.500 e. The summed E-state index contributed by atoms with van der Waals surface area (Å²) in [5.41, 5.74) is 0. The summed E-state index contributed by atoms with van der Waals surface area (Å²) >= 11 is 0. The zero-order chi connectivity index (χ0) is 10.0. The highest BCUT2D eigenvalue weighted by Gasteiger charge is 2.36. The molecule has 0 amide bonds. The van der Waals surface area contributed by atoms with Gasteiger partial charge in [0, 0.05) is 34.5 Å². The molecule has 0 saturated carbocycles. The van der Waals surface area contributed by atoms with Crippen LogP contribution in [0.1, 0.15) is 13.3 Å². The Morgan fingerprint density at radius 1 is 1.00 bits per heavy atom. The lowest BCUT2D eigenvalue weighted by atomic mass is 10.6. The predicted octanol–water partition coefficient (Wildman–Crippen LogP) is 1.04. The third kappa shape index (κ3) is 7.12. The molecule has 0 radical (unpaired) electrons. The highest BCUT2D eigenvalue weighted by Crippen LogP contribution is 2.13. The Morgan fingerprint density at radius 3 is 1.38 bits per heavy atom. The molecular formula is C7H23NO4Si. The second-order valence-electron chi connectivity index (χ2n) is 2.05. The summed E-state index contributed by atoms with van der Waals surface area (Å²) in [5, 5.41) is 7.00. The lowest BCUT2D eigenvalue weighted by Crippen LogP contribution is -2.42. The molecule has 0 bridgehead atoms. The van der Waals surface area contributed by atoms with Gasteiger partial charge in [0.05, 0.1) is 0 Å². The molecule has 0 aliphatic rings. The summed E-state index contributed by atoms with van der Waals surface area (Å²) in [7, 11) is 3.68. The van der Waals surface area contributed by atoms with Crippen molar-refractivity contribution in [3.8, 4) is 0 Å². The Labute approximate surface area is 82.0 Å². The van der Waals surface area contributed by atoms with Crippen molar-refractivity contribution in [2.75, 3.05) is 28.4 Å². The topological polar surface area (TPSA) is 82.9 Å². The first-order chi connectivity index (χ1) is 5.74. The minimum atomic E-state index is -2.22. The summed E-state index contributed by atoms with van der Waals surface area (Å²) in [6.45, 7) is 2.08. The van der Waals surface area contributed by atoms with E-state index in [-0.39, 0.29) is 6.15 Å². The Balaban J connectivity index is -0.000000309. The zero-order valence-electron chi connectivity index (χ0n) is 9.29. The van der Waals surface area contributed by atoms with Crippen LogP contribution in [0.15, 0.2) is 0 Å². The minimum Gasteiger partial charge on any atom is -0.400 e. The Bertz CT molecular complexity index is 82.3. The van der Waals surface area contributed by atoms with Gasteiger partial charge in [-0.25, -0.2) is 0 Å². The summed E-state index contributed by atoms with van der Waals surface area (Å²) < 4.78 is 15.5. The fraction of sp³-hybridized carbons (Fsp3) is 1.00. The average molecular weight is 213 g/mol. The van der Waals surface area contributed by atoms with E-state index in [2.05, 4.69) is 6.92 Å². The quantitative estimate of drug-likeness (QED) is 0.667. The summed E-state index contributed by atoms with van der Waals surface area (Å²) in [6.07, 6.45) is 1.03. The fourth-order valence-electron chi connectivity index (χ4n) is 0.862. The fourth-order valence-corrected chi connectivity index (χ4v) is 2.59. The number of aliphatic hydroxyl groups is 1. The highest BCUT2D eigenvalue weighted by atomic mass is 28.4. The molecule has 5 nitrogen and oxygen atoms in total. The van der Waals surface area contributed by atoms with Crippen LogP contribution in [0.3, 0.4) is 0 Å². The maximum absolute atomic E-state index is 7.00. The normalized spacial score (nSPS) is 9.69. The highest BCUT2D eigenvalue weighted by molar-refractivity contribution is 6.60. The molecule has 0 saturated heterocycles. The van der Waals surface area contributed by atoms with Crippen molar-refractivity contribution >= 4 is 8.80 Å². The zero-order valence-corrected chi connectivity index (χ0v) is 10.3. The van der Waals surface area contributed by atoms with Gasteiger partial charge in [0.1, 0.15) is 0 Å². The first-order valence-electron chi connectivity index (χ1n) is 3.84. The Morgan fingerprint density at radius 2 is 1.31 bits per heavy atom. The molecule has 0 aliphatic heterocycles. The smallest absolute Gasteiger partial charge is 0.400 e. The second-order valence-corrected chi connectivity index (χ2v) is 5.14. The molecule has 0 heterocycles. The predicted molar refractivity (Wildman–Crippen MR) is 55.0 cm³/mol. The molecule has 0 aromatic carbocycles. The molecule has 13 heavy (non-hydrogen) atoms. The van der Waals surface area contributed by atoms with Gasteiger partial charge in [-0.15, -0.1) is 0 Å². The van der Waals surface area contributed by atoms with Gasteiger partial charge >= 0.3 is 8.80 Å². The van der Waals surface area contributed by atoms with Gasteiger partial charge in [0.15, 0.2) is 0 Å². The number of hydrogen-bond acceptors (Lipinski definition) is 5. The SMILES string of the molecule is CCC[Si](OC)(OC)OC.CO.N. The van der Waals surface area contributed by atoms with Gasteiger partial charge in [0.2, 0.25) is 0 Å². The maximum Gasteiger partial charge on any atom is 0.500 e. The van der Waals surface area contributed by atoms with E-state index >= 15 is 0 Å². The Kier molecular flexibility index (Phi) is 17.3. The van der Waals surface area contributed by atoms with Crippen LogP contribution in [0.2, 0.25) is 6.04 Å². The molecule has 0 aliphatic carbocycles. The van der Waals surface area contributed by atoms with Gasteiger partial charge in [-0.1, -0.05) is 13.3 Å². The molecule has 84 valence electrons. The molecule has 0 fully saturated rings. The average Bonchev–Trinajstić information content (AvgIpc) is 2.18. The second kappa shape index (κ2) is 12.0. The lowest BCUT2D eigenvalue weighted by molar-refractivity contribution is 0.123. The van der Waals surface area contributed by atoms with Crippen molar-refractivity contribution in [2.24, 2.45) is 0 Å². The first-order valence-corrected chi connectivity index (χ1v) is 5.78. The van der Waals surface area contributed by atoms with E-state index in [0.717, 1.165) is 19.6 Å². The van der Waals surface area contributed by atoms with Crippen LogP contribution in [0.5, 0.6) is 0 Å². The summed E-state index contributed by atoms with van der Waals surface area (Å²) in [4.78, 5) is 0. The van der Waals surface area contributed by atoms with Gasteiger partial charge in [-0.2, -0.15) is 0 Å². The van der Waals surface area contributed by atoms with Crippen molar-refractivity contribution in [2.45, 2.75) is 19.4 Å². The van der Waals surface area contributed by atoms with Crippen LogP contribution in [0, 0.1) is 0 Å². The molecule has 0 rings (SSSR count). The van der Waals surface area contributed by atoms with Crippen molar-refractivity contribution in [1.29, 1.82) is 0 Å². The molecule has 0 aromatic heterocycles. The van der Waals surface area contributed by atoms with Crippen LogP contribution in [0.25, 0.3) is 0 Å². The van der Waals surface area contributed by atoms with E-state index < -0.39 is 8.80 Å². The van der Waals surface area contributed by atoms with E-state index in [1.165, 1.54) is 0 Å².